The van der Waals surface area contributed by atoms with Gasteiger partial charge in [-0.25, -0.2) is 4.98 Å². The van der Waals surface area contributed by atoms with Gasteiger partial charge >= 0.3 is 0 Å². The van der Waals surface area contributed by atoms with Crippen LogP contribution in [0, 0.1) is 12.3 Å². The number of hydrogen-bond acceptors (Lipinski definition) is 2. The van der Waals surface area contributed by atoms with E-state index >= 15 is 0 Å². The summed E-state index contributed by atoms with van der Waals surface area (Å²) < 4.78 is 1.86. The highest BCUT2D eigenvalue weighted by Gasteiger charge is 1.93. The Kier molecular flexibility index (Phi) is 2.91. The maximum absolute atomic E-state index is 10.6. The number of amides is 1. The summed E-state index contributed by atoms with van der Waals surface area (Å²) in [6.07, 6.45) is 10.0. The van der Waals surface area contributed by atoms with Crippen molar-refractivity contribution in [2.45, 2.75) is 6.54 Å². The number of nitrogens with zero attached hydrogens (tertiary/aromatic N) is 2. The molecule has 0 unspecified atom stereocenters. The highest BCUT2D eigenvalue weighted by Crippen LogP contribution is 1.82. The van der Waals surface area contributed by atoms with Crippen molar-refractivity contribution < 1.29 is 4.79 Å². The van der Waals surface area contributed by atoms with E-state index in [4.69, 9.17) is 6.42 Å². The summed E-state index contributed by atoms with van der Waals surface area (Å²) in [6, 6.07) is 0. The highest BCUT2D eigenvalue weighted by atomic mass is 16.1. The molecule has 0 aliphatic heterocycles. The van der Waals surface area contributed by atoms with E-state index in [0.717, 1.165) is 0 Å². The third-order valence-electron chi connectivity index (χ3n) is 1.35. The Morgan fingerprint density at radius 1 is 1.75 bits per heavy atom. The van der Waals surface area contributed by atoms with Crippen LogP contribution in [0.25, 0.3) is 0 Å². The van der Waals surface area contributed by atoms with Gasteiger partial charge in [-0.2, -0.15) is 0 Å². The van der Waals surface area contributed by atoms with Crippen molar-refractivity contribution in [3.8, 4) is 12.3 Å². The maximum Gasteiger partial charge on any atom is 0.295 e. The van der Waals surface area contributed by atoms with E-state index in [-0.39, 0.29) is 5.91 Å². The summed E-state index contributed by atoms with van der Waals surface area (Å²) >= 11 is 0. The Labute approximate surface area is 70.6 Å². The number of carbonyl (C=O) groups excluding carboxylic acids is 1. The number of terminal acetylenes is 1. The predicted octanol–water partition coefficient (Wildman–Crippen LogP) is -0.368. The summed E-state index contributed by atoms with van der Waals surface area (Å²) in [5.41, 5.74) is 0. The molecule has 0 atom stereocenters. The molecule has 0 fully saturated rings. The van der Waals surface area contributed by atoms with E-state index < -0.39 is 0 Å². The molecule has 1 amide bonds. The minimum atomic E-state index is -0.380. The van der Waals surface area contributed by atoms with E-state index in [1.165, 1.54) is 0 Å². The first kappa shape index (κ1) is 8.34. The number of carbonyl (C=O) groups is 1. The van der Waals surface area contributed by atoms with Crippen LogP contribution < -0.4 is 5.32 Å². The minimum absolute atomic E-state index is 0.380. The van der Waals surface area contributed by atoms with Gasteiger partial charge in [0.05, 0.1) is 6.33 Å². The molecule has 0 aliphatic rings. The zero-order valence-corrected chi connectivity index (χ0v) is 6.53. The van der Waals surface area contributed by atoms with Gasteiger partial charge < -0.3 is 9.88 Å². The van der Waals surface area contributed by atoms with Gasteiger partial charge in [0.15, 0.2) is 0 Å². The molecule has 1 N–H and O–H groups in total. The van der Waals surface area contributed by atoms with Gasteiger partial charge in [0, 0.05) is 25.5 Å². The molecule has 4 heteroatoms. The molecule has 4 nitrogen and oxygen atoms in total. The number of aromatic nitrogens is 2. The van der Waals surface area contributed by atoms with Crippen LogP contribution in [0.2, 0.25) is 0 Å². The predicted molar refractivity (Wildman–Crippen MR) is 44.1 cm³/mol. The summed E-state index contributed by atoms with van der Waals surface area (Å²) in [4.78, 5) is 14.4. The molecule has 1 aromatic heterocycles. The van der Waals surface area contributed by atoms with Crippen molar-refractivity contribution in [1.29, 1.82) is 0 Å². The van der Waals surface area contributed by atoms with Crippen molar-refractivity contribution in [2.75, 3.05) is 6.54 Å². The van der Waals surface area contributed by atoms with Crippen LogP contribution in [-0.4, -0.2) is 22.0 Å². The van der Waals surface area contributed by atoms with E-state index in [0.29, 0.717) is 13.1 Å². The molecule has 0 bridgehead atoms. The number of rotatable bonds is 3. The van der Waals surface area contributed by atoms with Crippen molar-refractivity contribution >= 4 is 5.91 Å². The molecule has 0 aliphatic carbocycles. The van der Waals surface area contributed by atoms with Crippen molar-refractivity contribution in [3.63, 3.8) is 0 Å². The van der Waals surface area contributed by atoms with Crippen LogP contribution in [0.4, 0.5) is 0 Å². The average Bonchev–Trinajstić information content (AvgIpc) is 2.57. The molecular formula is C8H9N3O. The van der Waals surface area contributed by atoms with Gasteiger partial charge in [-0.1, -0.05) is 0 Å². The van der Waals surface area contributed by atoms with Gasteiger partial charge in [-0.3, -0.25) is 4.79 Å². The van der Waals surface area contributed by atoms with Crippen LogP contribution in [0.5, 0.6) is 0 Å². The van der Waals surface area contributed by atoms with Crippen molar-refractivity contribution in [2.24, 2.45) is 0 Å². The number of hydrogen-bond donors (Lipinski definition) is 1. The van der Waals surface area contributed by atoms with E-state index in [1.54, 1.807) is 12.5 Å². The Balaban J connectivity index is 2.20. The second kappa shape index (κ2) is 4.19. The molecule has 0 saturated heterocycles. The molecule has 0 spiro atoms. The molecule has 62 valence electrons. The zero-order chi connectivity index (χ0) is 8.81. The lowest BCUT2D eigenvalue weighted by Gasteiger charge is -2.00. The topological polar surface area (TPSA) is 46.9 Å². The van der Waals surface area contributed by atoms with Crippen LogP contribution in [0.3, 0.4) is 0 Å². The average molecular weight is 163 g/mol. The molecule has 0 saturated carbocycles. The van der Waals surface area contributed by atoms with Gasteiger partial charge in [-0.05, 0) is 5.92 Å². The standard InChI is InChI=1S/C8H9N3O/c1-2-8(12)10-4-6-11-5-3-9-7-11/h1,3,5,7H,4,6H2,(H,10,12). The minimum Gasteiger partial charge on any atom is -0.343 e. The number of nitrogens with one attached hydrogen (secondary N) is 1. The van der Waals surface area contributed by atoms with Gasteiger partial charge in [0.2, 0.25) is 0 Å². The monoisotopic (exact) mass is 163 g/mol. The molecule has 0 aromatic carbocycles. The lowest BCUT2D eigenvalue weighted by Crippen LogP contribution is -2.25. The zero-order valence-electron chi connectivity index (χ0n) is 6.53. The first-order valence-corrected chi connectivity index (χ1v) is 3.53. The fourth-order valence-electron chi connectivity index (χ4n) is 0.769. The highest BCUT2D eigenvalue weighted by molar-refractivity contribution is 5.92. The summed E-state index contributed by atoms with van der Waals surface area (Å²) in [6.45, 7) is 1.22. The Morgan fingerprint density at radius 2 is 2.58 bits per heavy atom. The molecule has 12 heavy (non-hydrogen) atoms. The van der Waals surface area contributed by atoms with Crippen molar-refractivity contribution in [3.05, 3.63) is 18.7 Å². The van der Waals surface area contributed by atoms with E-state index in [9.17, 15) is 4.79 Å². The Bertz CT molecular complexity index is 284. The SMILES string of the molecule is C#CC(=O)NCCn1ccnc1. The third kappa shape index (κ3) is 2.46. The van der Waals surface area contributed by atoms with E-state index in [1.807, 2.05) is 16.7 Å². The summed E-state index contributed by atoms with van der Waals surface area (Å²) in [5, 5.41) is 2.55. The van der Waals surface area contributed by atoms with E-state index in [2.05, 4.69) is 10.3 Å². The molecule has 1 heterocycles. The van der Waals surface area contributed by atoms with Crippen LogP contribution in [-0.2, 0) is 11.3 Å². The molecule has 1 rings (SSSR count). The Morgan fingerprint density at radius 3 is 3.17 bits per heavy atom. The van der Waals surface area contributed by atoms with Crippen molar-refractivity contribution in [1.82, 2.24) is 14.9 Å². The second-order valence-corrected chi connectivity index (χ2v) is 2.20. The van der Waals surface area contributed by atoms with Crippen LogP contribution in [0.15, 0.2) is 18.7 Å². The summed E-state index contributed by atoms with van der Waals surface area (Å²) in [7, 11) is 0. The van der Waals surface area contributed by atoms with Gasteiger partial charge in [0.25, 0.3) is 5.91 Å². The smallest absolute Gasteiger partial charge is 0.295 e. The fourth-order valence-corrected chi connectivity index (χ4v) is 0.769. The van der Waals surface area contributed by atoms with Crippen LogP contribution >= 0.6 is 0 Å². The lowest BCUT2D eigenvalue weighted by molar-refractivity contribution is -0.115. The van der Waals surface area contributed by atoms with Gasteiger partial charge in [-0.15, -0.1) is 6.42 Å². The Hall–Kier alpha value is -1.76. The first-order chi connectivity index (χ1) is 5.83. The largest absolute Gasteiger partial charge is 0.343 e. The number of imidazole rings is 1. The maximum atomic E-state index is 10.6. The molecular weight excluding hydrogens is 154 g/mol. The fraction of sp³-hybridized carbons (Fsp3) is 0.250. The second-order valence-electron chi connectivity index (χ2n) is 2.20. The third-order valence-corrected chi connectivity index (χ3v) is 1.35. The van der Waals surface area contributed by atoms with Gasteiger partial charge in [0.1, 0.15) is 0 Å². The summed E-state index contributed by atoms with van der Waals surface area (Å²) in [5.74, 6) is 1.59. The quantitative estimate of drug-likeness (QED) is 0.618. The molecule has 0 radical (unpaired) electrons. The lowest BCUT2D eigenvalue weighted by atomic mass is 10.5. The first-order valence-electron chi connectivity index (χ1n) is 3.53. The van der Waals surface area contributed by atoms with Crippen LogP contribution in [0.1, 0.15) is 0 Å². The normalized spacial score (nSPS) is 8.92. The molecule has 1 aromatic rings.